The molecule has 0 radical (unpaired) electrons. The highest BCUT2D eigenvalue weighted by Gasteiger charge is 2.12. The minimum atomic E-state index is -0.595. The van der Waals surface area contributed by atoms with Crippen LogP contribution in [0.2, 0.25) is 0 Å². The number of benzene rings is 2. The monoisotopic (exact) mass is 343 g/mol. The van der Waals surface area contributed by atoms with Crippen molar-refractivity contribution in [3.05, 3.63) is 64.1 Å². The molecule has 2 N–H and O–H groups in total. The third-order valence-corrected chi connectivity index (χ3v) is 4.19. The van der Waals surface area contributed by atoms with Crippen LogP contribution in [0.15, 0.2) is 51.8 Å². The van der Waals surface area contributed by atoms with Crippen molar-refractivity contribution in [1.82, 2.24) is 0 Å². The molecule has 0 aromatic heterocycles. The Morgan fingerprint density at radius 2 is 1.95 bits per heavy atom. The first-order chi connectivity index (χ1) is 9.06. The number of nitrogens with two attached hydrogens (primary N) is 1. The van der Waals surface area contributed by atoms with Gasteiger partial charge in [0.2, 0.25) is 0 Å². The van der Waals surface area contributed by atoms with E-state index in [0.29, 0.717) is 11.3 Å². The second-order valence-electron chi connectivity index (χ2n) is 4.04. The third-order valence-electron chi connectivity index (χ3n) is 2.59. The summed E-state index contributed by atoms with van der Waals surface area (Å²) < 4.78 is 27.4. The summed E-state index contributed by atoms with van der Waals surface area (Å²) in [6, 6.07) is 10.8. The zero-order chi connectivity index (χ0) is 13.8. The summed E-state index contributed by atoms with van der Waals surface area (Å²) in [6.45, 7) is 0. The van der Waals surface area contributed by atoms with Crippen LogP contribution in [0.25, 0.3) is 0 Å². The SMILES string of the molecule is NC(CSc1cccc(Br)c1)c1ccc(F)cc1F. The van der Waals surface area contributed by atoms with Crippen LogP contribution >= 0.6 is 27.7 Å². The number of halogens is 3. The second kappa shape index (κ2) is 6.50. The van der Waals surface area contributed by atoms with Gasteiger partial charge < -0.3 is 5.73 Å². The van der Waals surface area contributed by atoms with Gasteiger partial charge in [-0.05, 0) is 24.3 Å². The Labute approximate surface area is 123 Å². The van der Waals surface area contributed by atoms with E-state index in [9.17, 15) is 8.78 Å². The third kappa shape index (κ3) is 4.03. The largest absolute Gasteiger partial charge is 0.323 e. The molecule has 1 atom stereocenters. The van der Waals surface area contributed by atoms with Gasteiger partial charge in [0.15, 0.2) is 0 Å². The fourth-order valence-electron chi connectivity index (χ4n) is 1.63. The lowest BCUT2D eigenvalue weighted by Gasteiger charge is -2.12. The lowest BCUT2D eigenvalue weighted by atomic mass is 10.1. The van der Waals surface area contributed by atoms with Gasteiger partial charge in [-0.25, -0.2) is 8.78 Å². The van der Waals surface area contributed by atoms with E-state index >= 15 is 0 Å². The van der Waals surface area contributed by atoms with Gasteiger partial charge in [0.05, 0.1) is 0 Å². The predicted molar refractivity (Wildman–Crippen MR) is 78.2 cm³/mol. The Kier molecular flexibility index (Phi) is 4.96. The van der Waals surface area contributed by atoms with Crippen LogP contribution in [-0.2, 0) is 0 Å². The normalized spacial score (nSPS) is 12.4. The number of hydrogen-bond acceptors (Lipinski definition) is 2. The highest BCUT2D eigenvalue weighted by atomic mass is 79.9. The molecule has 0 saturated heterocycles. The van der Waals surface area contributed by atoms with E-state index in [1.54, 1.807) is 0 Å². The van der Waals surface area contributed by atoms with Gasteiger partial charge in [0, 0.05) is 32.8 Å². The van der Waals surface area contributed by atoms with Crippen molar-refractivity contribution in [2.45, 2.75) is 10.9 Å². The number of hydrogen-bond donors (Lipinski definition) is 1. The van der Waals surface area contributed by atoms with Gasteiger partial charge in [-0.15, -0.1) is 11.8 Å². The summed E-state index contributed by atoms with van der Waals surface area (Å²) >= 11 is 4.92. The smallest absolute Gasteiger partial charge is 0.130 e. The molecule has 0 aliphatic rings. The molecular weight excluding hydrogens is 332 g/mol. The molecule has 0 amide bonds. The van der Waals surface area contributed by atoms with Gasteiger partial charge in [0.25, 0.3) is 0 Å². The summed E-state index contributed by atoms with van der Waals surface area (Å²) in [7, 11) is 0. The Hall–Kier alpha value is -0.910. The topological polar surface area (TPSA) is 26.0 Å². The van der Waals surface area contributed by atoms with Crippen molar-refractivity contribution in [2.75, 3.05) is 5.75 Å². The van der Waals surface area contributed by atoms with Crippen molar-refractivity contribution in [1.29, 1.82) is 0 Å². The van der Waals surface area contributed by atoms with Gasteiger partial charge in [-0.1, -0.05) is 28.1 Å². The Balaban J connectivity index is 2.03. The van der Waals surface area contributed by atoms with Gasteiger partial charge in [-0.3, -0.25) is 0 Å². The first-order valence-electron chi connectivity index (χ1n) is 5.65. The molecule has 0 aliphatic heterocycles. The highest BCUT2D eigenvalue weighted by molar-refractivity contribution is 9.10. The maximum atomic E-state index is 13.6. The van der Waals surface area contributed by atoms with Crippen molar-refractivity contribution in [3.63, 3.8) is 0 Å². The molecule has 0 saturated carbocycles. The average Bonchev–Trinajstić information content (AvgIpc) is 2.36. The zero-order valence-corrected chi connectivity index (χ0v) is 12.3. The van der Waals surface area contributed by atoms with Gasteiger partial charge >= 0.3 is 0 Å². The van der Waals surface area contributed by atoms with E-state index < -0.39 is 17.7 Å². The molecule has 1 nitrogen and oxygen atoms in total. The predicted octanol–water partition coefficient (Wildman–Crippen LogP) is 4.52. The lowest BCUT2D eigenvalue weighted by molar-refractivity contribution is 0.563. The molecule has 0 fully saturated rings. The van der Waals surface area contributed by atoms with Crippen LogP contribution in [0.3, 0.4) is 0 Å². The highest BCUT2D eigenvalue weighted by Crippen LogP contribution is 2.26. The van der Waals surface area contributed by atoms with Crippen LogP contribution in [0.4, 0.5) is 8.78 Å². The summed E-state index contributed by atoms with van der Waals surface area (Å²) in [4.78, 5) is 1.05. The van der Waals surface area contributed by atoms with Crippen LogP contribution in [0, 0.1) is 11.6 Å². The molecule has 2 aromatic rings. The zero-order valence-electron chi connectivity index (χ0n) is 9.95. The van der Waals surface area contributed by atoms with Crippen molar-refractivity contribution in [2.24, 2.45) is 5.73 Å². The van der Waals surface area contributed by atoms with E-state index in [-0.39, 0.29) is 0 Å². The molecule has 19 heavy (non-hydrogen) atoms. The molecule has 0 aliphatic carbocycles. The minimum absolute atomic E-state index is 0.337. The standard InChI is InChI=1S/C14H12BrF2NS/c15-9-2-1-3-11(6-9)19-8-14(18)12-5-4-10(16)7-13(12)17/h1-7,14H,8,18H2. The number of rotatable bonds is 4. The maximum Gasteiger partial charge on any atom is 0.130 e. The molecule has 2 rings (SSSR count). The van der Waals surface area contributed by atoms with Gasteiger partial charge in [-0.2, -0.15) is 0 Å². The quantitative estimate of drug-likeness (QED) is 0.826. The Morgan fingerprint density at radius 1 is 1.16 bits per heavy atom. The molecular formula is C14H12BrF2NS. The first-order valence-corrected chi connectivity index (χ1v) is 7.43. The van der Waals surface area contributed by atoms with Gasteiger partial charge in [0.1, 0.15) is 11.6 Å². The lowest BCUT2D eigenvalue weighted by Crippen LogP contribution is -2.14. The van der Waals surface area contributed by atoms with Crippen molar-refractivity contribution >= 4 is 27.7 Å². The molecule has 1 unspecified atom stereocenters. The van der Waals surface area contributed by atoms with Crippen LogP contribution < -0.4 is 5.73 Å². The number of thioether (sulfide) groups is 1. The summed E-state index contributed by atoms with van der Waals surface area (Å²) in [5.41, 5.74) is 6.27. The van der Waals surface area contributed by atoms with Crippen LogP contribution in [0.5, 0.6) is 0 Å². The molecule has 2 aromatic carbocycles. The molecule has 5 heteroatoms. The molecule has 0 heterocycles. The van der Waals surface area contributed by atoms with Crippen molar-refractivity contribution in [3.8, 4) is 0 Å². The fraction of sp³-hybridized carbons (Fsp3) is 0.143. The maximum absolute atomic E-state index is 13.6. The second-order valence-corrected chi connectivity index (χ2v) is 6.05. The van der Waals surface area contributed by atoms with E-state index in [4.69, 9.17) is 5.73 Å². The van der Waals surface area contributed by atoms with E-state index in [1.165, 1.54) is 23.9 Å². The van der Waals surface area contributed by atoms with E-state index in [2.05, 4.69) is 15.9 Å². The Bertz CT molecular complexity index is 577. The summed E-state index contributed by atoms with van der Waals surface area (Å²) in [5, 5.41) is 0. The fourth-order valence-corrected chi connectivity index (χ4v) is 3.12. The van der Waals surface area contributed by atoms with Crippen molar-refractivity contribution < 1.29 is 8.78 Å². The molecule has 100 valence electrons. The van der Waals surface area contributed by atoms with Crippen LogP contribution in [0.1, 0.15) is 11.6 Å². The summed E-state index contributed by atoms with van der Waals surface area (Å²) in [6.07, 6.45) is 0. The first kappa shape index (κ1) is 14.5. The Morgan fingerprint density at radius 3 is 2.63 bits per heavy atom. The average molecular weight is 344 g/mol. The summed E-state index contributed by atoms with van der Waals surface area (Å²) in [5.74, 6) is -0.658. The minimum Gasteiger partial charge on any atom is -0.323 e. The van der Waals surface area contributed by atoms with E-state index in [0.717, 1.165) is 15.4 Å². The molecule has 0 spiro atoms. The van der Waals surface area contributed by atoms with E-state index in [1.807, 2.05) is 24.3 Å². The molecule has 0 bridgehead atoms. The van der Waals surface area contributed by atoms with Crippen LogP contribution in [-0.4, -0.2) is 5.75 Å².